The van der Waals surface area contributed by atoms with Gasteiger partial charge in [0.1, 0.15) is 0 Å². The molecule has 0 saturated heterocycles. The molecular formula is C13H25NO2. The maximum Gasteiger partial charge on any atom is 0.310 e. The maximum atomic E-state index is 11.4. The summed E-state index contributed by atoms with van der Waals surface area (Å²) in [5, 5.41) is 9.40. The van der Waals surface area contributed by atoms with Crippen LogP contribution in [0.25, 0.3) is 0 Å². The van der Waals surface area contributed by atoms with Gasteiger partial charge in [-0.1, -0.05) is 20.3 Å². The Hall–Kier alpha value is -0.570. The summed E-state index contributed by atoms with van der Waals surface area (Å²) in [5.41, 5.74) is -0.523. The SMILES string of the molecule is CCCN(CCC)C1CCCC1(C)C(=O)O. The zero-order chi connectivity index (χ0) is 12.2. The van der Waals surface area contributed by atoms with Gasteiger partial charge in [0.15, 0.2) is 0 Å². The lowest BCUT2D eigenvalue weighted by Gasteiger charge is -2.37. The van der Waals surface area contributed by atoms with Crippen molar-refractivity contribution in [1.82, 2.24) is 4.90 Å². The first-order chi connectivity index (χ1) is 7.56. The molecule has 16 heavy (non-hydrogen) atoms. The summed E-state index contributed by atoms with van der Waals surface area (Å²) in [6.07, 6.45) is 5.13. The first kappa shape index (κ1) is 13.5. The highest BCUT2D eigenvalue weighted by Crippen LogP contribution is 2.41. The lowest BCUT2D eigenvalue weighted by molar-refractivity contribution is -0.151. The first-order valence-corrected chi connectivity index (χ1v) is 6.53. The van der Waals surface area contributed by atoms with Crippen LogP contribution in [0.4, 0.5) is 0 Å². The number of hydrogen-bond acceptors (Lipinski definition) is 2. The monoisotopic (exact) mass is 227 g/mol. The van der Waals surface area contributed by atoms with Crippen molar-refractivity contribution in [2.24, 2.45) is 5.41 Å². The van der Waals surface area contributed by atoms with Crippen LogP contribution in [0.3, 0.4) is 0 Å². The molecule has 0 radical (unpaired) electrons. The van der Waals surface area contributed by atoms with Crippen molar-refractivity contribution in [2.75, 3.05) is 13.1 Å². The molecule has 1 fully saturated rings. The van der Waals surface area contributed by atoms with E-state index in [2.05, 4.69) is 18.7 Å². The highest BCUT2D eigenvalue weighted by atomic mass is 16.4. The first-order valence-electron chi connectivity index (χ1n) is 6.53. The molecule has 2 unspecified atom stereocenters. The van der Waals surface area contributed by atoms with E-state index >= 15 is 0 Å². The van der Waals surface area contributed by atoms with Crippen LogP contribution in [-0.2, 0) is 4.79 Å². The van der Waals surface area contributed by atoms with Crippen LogP contribution >= 0.6 is 0 Å². The van der Waals surface area contributed by atoms with Gasteiger partial charge in [-0.05, 0) is 45.7 Å². The number of nitrogens with zero attached hydrogens (tertiary/aromatic N) is 1. The van der Waals surface area contributed by atoms with E-state index in [-0.39, 0.29) is 6.04 Å². The molecule has 94 valence electrons. The largest absolute Gasteiger partial charge is 0.481 e. The predicted octanol–water partition coefficient (Wildman–Crippen LogP) is 2.75. The van der Waals surface area contributed by atoms with Crippen molar-refractivity contribution < 1.29 is 9.90 Å². The Morgan fingerprint density at radius 2 is 1.94 bits per heavy atom. The van der Waals surface area contributed by atoms with Gasteiger partial charge in [-0.2, -0.15) is 0 Å². The quantitative estimate of drug-likeness (QED) is 0.758. The standard InChI is InChI=1S/C13H25NO2/c1-4-9-14(10-5-2)11-7-6-8-13(11,3)12(15)16/h11H,4-10H2,1-3H3,(H,15,16). The minimum atomic E-state index is -0.618. The van der Waals surface area contributed by atoms with Gasteiger partial charge in [0.25, 0.3) is 0 Å². The average molecular weight is 227 g/mol. The number of carboxylic acid groups (broad SMARTS) is 1. The number of aliphatic carboxylic acids is 1. The van der Waals surface area contributed by atoms with Gasteiger partial charge in [0.2, 0.25) is 0 Å². The van der Waals surface area contributed by atoms with E-state index < -0.39 is 11.4 Å². The Labute approximate surface area is 98.8 Å². The normalized spacial score (nSPS) is 29.9. The lowest BCUT2D eigenvalue weighted by Crippen LogP contribution is -2.47. The van der Waals surface area contributed by atoms with Crippen molar-refractivity contribution >= 4 is 5.97 Å². The highest BCUT2D eigenvalue weighted by Gasteiger charge is 2.47. The molecule has 0 heterocycles. The van der Waals surface area contributed by atoms with Crippen molar-refractivity contribution in [3.05, 3.63) is 0 Å². The summed E-state index contributed by atoms with van der Waals surface area (Å²) in [4.78, 5) is 13.8. The van der Waals surface area contributed by atoms with Crippen molar-refractivity contribution in [3.8, 4) is 0 Å². The van der Waals surface area contributed by atoms with Crippen LogP contribution in [0, 0.1) is 5.41 Å². The molecule has 0 aromatic rings. The van der Waals surface area contributed by atoms with Gasteiger partial charge >= 0.3 is 5.97 Å². The van der Waals surface area contributed by atoms with Crippen LogP contribution in [0.5, 0.6) is 0 Å². The second kappa shape index (κ2) is 5.67. The summed E-state index contributed by atoms with van der Waals surface area (Å²) in [6, 6.07) is 0.241. The fourth-order valence-electron chi connectivity index (χ4n) is 2.98. The fraction of sp³-hybridized carbons (Fsp3) is 0.923. The van der Waals surface area contributed by atoms with Crippen molar-refractivity contribution in [3.63, 3.8) is 0 Å². The zero-order valence-corrected chi connectivity index (χ0v) is 10.8. The Bertz CT molecular complexity index is 236. The third kappa shape index (κ3) is 2.57. The average Bonchev–Trinajstić information content (AvgIpc) is 2.61. The lowest BCUT2D eigenvalue weighted by atomic mass is 9.84. The van der Waals surface area contributed by atoms with Crippen LogP contribution in [0.2, 0.25) is 0 Å². The van der Waals surface area contributed by atoms with E-state index in [1.807, 2.05) is 6.92 Å². The van der Waals surface area contributed by atoms with E-state index in [9.17, 15) is 9.90 Å². The molecule has 3 nitrogen and oxygen atoms in total. The van der Waals surface area contributed by atoms with Gasteiger partial charge in [0, 0.05) is 6.04 Å². The highest BCUT2D eigenvalue weighted by molar-refractivity contribution is 5.75. The smallest absolute Gasteiger partial charge is 0.310 e. The topological polar surface area (TPSA) is 40.5 Å². The minimum absolute atomic E-state index is 0.241. The van der Waals surface area contributed by atoms with Crippen LogP contribution in [0.1, 0.15) is 52.9 Å². The molecule has 1 aliphatic carbocycles. The fourth-order valence-corrected chi connectivity index (χ4v) is 2.98. The Morgan fingerprint density at radius 1 is 1.38 bits per heavy atom. The maximum absolute atomic E-state index is 11.4. The van der Waals surface area contributed by atoms with Gasteiger partial charge in [-0.25, -0.2) is 0 Å². The molecular weight excluding hydrogens is 202 g/mol. The molecule has 0 aliphatic heterocycles. The molecule has 1 aliphatic rings. The van der Waals surface area contributed by atoms with Crippen LogP contribution < -0.4 is 0 Å². The number of carboxylic acids is 1. The molecule has 0 spiro atoms. The third-order valence-corrected chi connectivity index (χ3v) is 3.86. The summed E-state index contributed by atoms with van der Waals surface area (Å²) in [6.45, 7) is 8.31. The Balaban J connectivity index is 2.78. The summed E-state index contributed by atoms with van der Waals surface area (Å²) >= 11 is 0. The number of rotatable bonds is 6. The zero-order valence-electron chi connectivity index (χ0n) is 10.8. The van der Waals surface area contributed by atoms with Gasteiger partial charge in [0.05, 0.1) is 5.41 Å². The second-order valence-electron chi connectivity index (χ2n) is 5.17. The summed E-state index contributed by atoms with van der Waals surface area (Å²) in [7, 11) is 0. The van der Waals surface area contributed by atoms with Crippen molar-refractivity contribution in [2.45, 2.75) is 58.9 Å². The molecule has 1 N–H and O–H groups in total. The molecule has 0 aromatic heterocycles. The minimum Gasteiger partial charge on any atom is -0.481 e. The molecule has 0 bridgehead atoms. The molecule has 0 aromatic carbocycles. The predicted molar refractivity (Wildman–Crippen MR) is 65.5 cm³/mol. The Morgan fingerprint density at radius 3 is 2.38 bits per heavy atom. The number of carbonyl (C=O) groups is 1. The van der Waals surface area contributed by atoms with Crippen LogP contribution in [-0.4, -0.2) is 35.1 Å². The van der Waals surface area contributed by atoms with E-state index in [0.29, 0.717) is 0 Å². The summed E-state index contributed by atoms with van der Waals surface area (Å²) < 4.78 is 0. The van der Waals surface area contributed by atoms with Crippen LogP contribution in [0.15, 0.2) is 0 Å². The van der Waals surface area contributed by atoms with E-state index in [0.717, 1.165) is 45.2 Å². The molecule has 0 amide bonds. The van der Waals surface area contributed by atoms with Gasteiger partial charge in [-0.3, -0.25) is 9.69 Å². The third-order valence-electron chi connectivity index (χ3n) is 3.86. The van der Waals surface area contributed by atoms with E-state index in [4.69, 9.17) is 0 Å². The van der Waals surface area contributed by atoms with Gasteiger partial charge in [-0.15, -0.1) is 0 Å². The second-order valence-corrected chi connectivity index (χ2v) is 5.17. The molecule has 3 heteroatoms. The summed E-state index contributed by atoms with van der Waals surface area (Å²) in [5.74, 6) is -0.618. The Kier molecular flexibility index (Phi) is 4.78. The van der Waals surface area contributed by atoms with Crippen molar-refractivity contribution in [1.29, 1.82) is 0 Å². The molecule has 2 atom stereocenters. The molecule has 1 rings (SSSR count). The number of hydrogen-bond donors (Lipinski definition) is 1. The van der Waals surface area contributed by atoms with E-state index in [1.54, 1.807) is 0 Å². The van der Waals surface area contributed by atoms with E-state index in [1.165, 1.54) is 0 Å². The van der Waals surface area contributed by atoms with Gasteiger partial charge < -0.3 is 5.11 Å². The molecule has 1 saturated carbocycles.